The maximum absolute atomic E-state index is 2.51. The van der Waals surface area contributed by atoms with Crippen LogP contribution in [0.25, 0.3) is 0 Å². The Kier molecular flexibility index (Phi) is 5.52. The van der Waals surface area contributed by atoms with Gasteiger partial charge in [-0.1, -0.05) is 0 Å². The normalized spacial score (nSPS) is 16.6. The van der Waals surface area contributed by atoms with Crippen molar-refractivity contribution in [1.29, 1.82) is 0 Å². The summed E-state index contributed by atoms with van der Waals surface area (Å²) in [5, 5.41) is 0. The molecule has 3 heteroatoms. The summed E-state index contributed by atoms with van der Waals surface area (Å²) in [4.78, 5) is 0. The minimum Gasteiger partial charge on any atom is -1.00 e. The van der Waals surface area contributed by atoms with Crippen LogP contribution >= 0.6 is 0 Å². The Balaban J connectivity index is 0.00000112. The molecule has 80 valence electrons. The van der Waals surface area contributed by atoms with E-state index in [1.54, 1.807) is 0 Å². The molecule has 0 heterocycles. The van der Waals surface area contributed by atoms with Gasteiger partial charge in [-0.05, 0) is 0 Å². The molecule has 0 aromatic heterocycles. The fourth-order valence-corrected chi connectivity index (χ4v) is 19.0. The average molecular weight is 316 g/mol. The third kappa shape index (κ3) is 3.15. The molecule has 0 nitrogen and oxygen atoms in total. The van der Waals surface area contributed by atoms with E-state index in [1.165, 1.54) is 12.8 Å². The molecule has 15 heavy (non-hydrogen) atoms. The van der Waals surface area contributed by atoms with Gasteiger partial charge in [-0.15, -0.1) is 0 Å². The Morgan fingerprint density at radius 2 is 1.53 bits per heavy atom. The van der Waals surface area contributed by atoms with Crippen LogP contribution in [0, 0.1) is 0 Å². The summed E-state index contributed by atoms with van der Waals surface area (Å²) < 4.78 is 3.67. The third-order valence-corrected chi connectivity index (χ3v) is 19.8. The standard InChI is InChI=1S/2C5H5.C2H6Si.ClH.Zr.H/c2*1-2-4-5-3-1;1-3-2;;;/h2*1-3H,4H2;1-2H3;1H;;/q;;;;+2;-1/p-1. The van der Waals surface area contributed by atoms with Gasteiger partial charge in [-0.2, -0.15) is 0 Å². The van der Waals surface area contributed by atoms with Crippen molar-refractivity contribution < 1.29 is 34.2 Å². The second kappa shape index (κ2) is 6.18. The first kappa shape index (κ1) is 13.4. The molecule has 0 aliphatic heterocycles. The van der Waals surface area contributed by atoms with Crippen molar-refractivity contribution in [2.45, 2.75) is 25.9 Å². The number of allylic oxidation sites excluding steroid dienone is 8. The molecule has 0 amide bonds. The molecule has 0 spiro atoms. The molecule has 0 unspecified atom stereocenters. The van der Waals surface area contributed by atoms with Gasteiger partial charge in [0.05, 0.1) is 0 Å². The largest absolute Gasteiger partial charge is 1.00 e. The van der Waals surface area contributed by atoms with Gasteiger partial charge in [-0.25, -0.2) is 0 Å². The van der Waals surface area contributed by atoms with Crippen molar-refractivity contribution in [3.8, 4) is 0 Å². The van der Waals surface area contributed by atoms with E-state index in [-0.39, 0.29) is 19.3 Å². The smallest absolute Gasteiger partial charge is 1.00 e. The Hall–Kier alpha value is 0.350. The van der Waals surface area contributed by atoms with Crippen LogP contribution in [0.3, 0.4) is 0 Å². The molecule has 0 saturated heterocycles. The van der Waals surface area contributed by atoms with E-state index >= 15 is 0 Å². The van der Waals surface area contributed by atoms with Crippen LogP contribution in [0.5, 0.6) is 0 Å². The molecule has 2 aliphatic rings. The van der Waals surface area contributed by atoms with Gasteiger partial charge >= 0.3 is 94.8 Å². The van der Waals surface area contributed by atoms with E-state index in [1.807, 2.05) is 6.56 Å². The van der Waals surface area contributed by atoms with Crippen LogP contribution in [0.15, 0.2) is 43.0 Å². The van der Waals surface area contributed by atoms with Crippen LogP contribution in [-0.2, 0) is 20.4 Å². The van der Waals surface area contributed by atoms with Crippen molar-refractivity contribution in [2.24, 2.45) is 0 Å². The first-order valence-corrected chi connectivity index (χ1v) is 13.8. The van der Waals surface area contributed by atoms with Crippen LogP contribution < -0.4 is 12.4 Å². The van der Waals surface area contributed by atoms with Crippen LogP contribution in [0.1, 0.15) is 14.3 Å². The number of hydrogen-bond donors (Lipinski definition) is 0. The predicted molar refractivity (Wildman–Crippen MR) is 62.3 cm³/mol. The fourth-order valence-electron chi connectivity index (χ4n) is 2.11. The van der Waals surface area contributed by atoms with Crippen molar-refractivity contribution in [2.75, 3.05) is 0 Å². The summed E-state index contributed by atoms with van der Waals surface area (Å²) in [6.07, 6.45) is 16.5. The quantitative estimate of drug-likeness (QED) is 0.657. The molecule has 0 bridgehead atoms. The van der Waals surface area contributed by atoms with Crippen molar-refractivity contribution in [1.82, 2.24) is 0 Å². The van der Waals surface area contributed by atoms with Gasteiger partial charge in [0.25, 0.3) is 0 Å². The summed E-state index contributed by atoms with van der Waals surface area (Å²) in [5.41, 5.74) is -0.0588. The van der Waals surface area contributed by atoms with Gasteiger partial charge in [-0.3, -0.25) is 0 Å². The fraction of sp³-hybridized carbons (Fsp3) is 0.333. The zero-order valence-electron chi connectivity index (χ0n) is 10.3. The number of hydrogen-bond acceptors (Lipinski definition) is 0. The van der Waals surface area contributed by atoms with Gasteiger partial charge in [0, 0.05) is 0 Å². The molecular formula is C12H17ClSiZr. The zero-order valence-corrected chi connectivity index (χ0v) is 13.5. The predicted octanol–water partition coefficient (Wildman–Crippen LogP) is 0.660. The van der Waals surface area contributed by atoms with E-state index in [2.05, 4.69) is 49.6 Å². The minimum absolute atomic E-state index is 0. The Morgan fingerprint density at radius 1 is 1.07 bits per heavy atom. The van der Waals surface area contributed by atoms with Gasteiger partial charge in [0.2, 0.25) is 0 Å². The van der Waals surface area contributed by atoms with E-state index in [0.29, 0.717) is 0 Å². The molecule has 0 aromatic rings. The minimum atomic E-state index is -1.33. The van der Waals surface area contributed by atoms with E-state index in [4.69, 9.17) is 0 Å². The third-order valence-electron chi connectivity index (χ3n) is 2.68. The summed E-state index contributed by atoms with van der Waals surface area (Å²) in [7, 11) is 0. The van der Waals surface area contributed by atoms with E-state index in [9.17, 15) is 0 Å². The van der Waals surface area contributed by atoms with Crippen molar-refractivity contribution in [3.63, 3.8) is 0 Å². The average Bonchev–Trinajstić information content (AvgIpc) is 2.75. The summed E-state index contributed by atoms with van der Waals surface area (Å²) in [5.74, 6) is 0. The summed E-state index contributed by atoms with van der Waals surface area (Å²) in [6, 6.07) is 0. The Morgan fingerprint density at radius 3 is 1.80 bits per heavy atom. The SMILES string of the molecule is C[Si](C)=[Zr+2]([C]1=CC=CC1)[C]1=CC=CC1.[Cl-].[H-]. The van der Waals surface area contributed by atoms with E-state index < -0.39 is 20.4 Å². The molecule has 0 N–H and O–H groups in total. The van der Waals surface area contributed by atoms with E-state index in [0.717, 1.165) is 0 Å². The van der Waals surface area contributed by atoms with Gasteiger partial charge < -0.3 is 13.8 Å². The second-order valence-corrected chi connectivity index (χ2v) is 21.4. The molecule has 0 aromatic carbocycles. The first-order valence-electron chi connectivity index (χ1n) is 5.18. The van der Waals surface area contributed by atoms with Crippen molar-refractivity contribution in [3.05, 3.63) is 43.0 Å². The zero-order chi connectivity index (χ0) is 9.97. The maximum atomic E-state index is 2.51. The molecule has 0 atom stereocenters. The summed E-state index contributed by atoms with van der Waals surface area (Å²) >= 11 is -1.33. The molecule has 2 rings (SSSR count). The molecule has 0 saturated carbocycles. The van der Waals surface area contributed by atoms with Crippen LogP contribution in [0.4, 0.5) is 0 Å². The summed E-state index contributed by atoms with van der Waals surface area (Å²) in [6.45, 7) is 5.02. The maximum Gasteiger partial charge on any atom is -1.00 e. The number of halogens is 1. The van der Waals surface area contributed by atoms with Gasteiger partial charge in [0.1, 0.15) is 0 Å². The Bertz CT molecular complexity index is 369. The second-order valence-electron chi connectivity index (χ2n) is 4.02. The molecule has 2 aliphatic carbocycles. The topological polar surface area (TPSA) is 0 Å². The Labute approximate surface area is 108 Å². The number of rotatable bonds is 2. The monoisotopic (exact) mass is 314 g/mol. The van der Waals surface area contributed by atoms with Crippen LogP contribution in [-0.4, -0.2) is 5.43 Å². The first-order chi connectivity index (χ1) is 6.79. The van der Waals surface area contributed by atoms with Crippen molar-refractivity contribution >= 4 is 5.43 Å². The molecule has 0 fully saturated rings. The molecule has 0 radical (unpaired) electrons. The van der Waals surface area contributed by atoms with Crippen LogP contribution in [0.2, 0.25) is 13.1 Å². The molecular weight excluding hydrogens is 299 g/mol. The van der Waals surface area contributed by atoms with Gasteiger partial charge in [0.15, 0.2) is 0 Å².